The third-order valence-electron chi connectivity index (χ3n) is 4.18. The molecule has 6 heteroatoms. The Balaban J connectivity index is 2.18. The maximum absolute atomic E-state index is 5.45. The molecule has 0 bridgehead atoms. The maximum Gasteiger partial charge on any atom is 0.500 e. The van der Waals surface area contributed by atoms with Crippen LogP contribution in [0.5, 0.6) is 0 Å². The molecule has 0 N–H and O–H groups in total. The summed E-state index contributed by atoms with van der Waals surface area (Å²) in [6, 6.07) is 0.895. The molecule has 5 nitrogen and oxygen atoms in total. The van der Waals surface area contributed by atoms with Gasteiger partial charge < -0.3 is 23.1 Å². The number of unbranched alkanes of at least 4 members (excludes halogenated alkanes) is 1. The van der Waals surface area contributed by atoms with E-state index in [1.54, 1.807) is 21.3 Å². The van der Waals surface area contributed by atoms with Crippen molar-refractivity contribution in [1.29, 1.82) is 0 Å². The summed E-state index contributed by atoms with van der Waals surface area (Å²) in [4.78, 5) is 5.13. The van der Waals surface area contributed by atoms with Crippen molar-refractivity contribution in [3.63, 3.8) is 0 Å². The van der Waals surface area contributed by atoms with Crippen LogP contribution in [-0.4, -0.2) is 79.2 Å². The summed E-state index contributed by atoms with van der Waals surface area (Å²) in [5.41, 5.74) is 0. The fourth-order valence-electron chi connectivity index (χ4n) is 2.69. The lowest BCUT2D eigenvalue weighted by molar-refractivity contribution is 0.113. The zero-order valence-corrected chi connectivity index (χ0v) is 14.7. The topological polar surface area (TPSA) is 34.2 Å². The Kier molecular flexibility index (Phi) is 8.91. The van der Waals surface area contributed by atoms with E-state index in [-0.39, 0.29) is 0 Å². The third kappa shape index (κ3) is 5.79. The van der Waals surface area contributed by atoms with Crippen LogP contribution >= 0.6 is 0 Å². The molecule has 1 saturated heterocycles. The van der Waals surface area contributed by atoms with Crippen molar-refractivity contribution < 1.29 is 13.3 Å². The van der Waals surface area contributed by atoms with Crippen molar-refractivity contribution >= 4 is 8.80 Å². The monoisotopic (exact) mass is 304 g/mol. The van der Waals surface area contributed by atoms with Gasteiger partial charge in [0.25, 0.3) is 0 Å². The maximum atomic E-state index is 5.45. The molecule has 0 aromatic rings. The summed E-state index contributed by atoms with van der Waals surface area (Å²) in [7, 11) is 2.69. The molecule has 1 aliphatic rings. The Morgan fingerprint density at radius 2 is 1.25 bits per heavy atom. The van der Waals surface area contributed by atoms with E-state index in [4.69, 9.17) is 13.3 Å². The Morgan fingerprint density at radius 3 is 1.65 bits per heavy atom. The molecule has 120 valence electrons. The molecule has 0 atom stereocenters. The van der Waals surface area contributed by atoms with E-state index in [1.165, 1.54) is 45.6 Å². The molecular weight excluding hydrogens is 272 g/mol. The molecule has 0 amide bonds. The summed E-state index contributed by atoms with van der Waals surface area (Å²) >= 11 is 0. The molecule has 0 aromatic carbocycles. The second-order valence-electron chi connectivity index (χ2n) is 5.44. The first-order valence-electron chi connectivity index (χ1n) is 7.80. The SMILES string of the molecule is CCCCN1CCN(CCC[Si](OC)(OC)OC)CC1. The standard InChI is InChI=1S/C14H32N2O3Si/c1-5-6-8-15-10-12-16(13-11-15)9-7-14-20(17-2,18-3)19-4/h5-14H2,1-4H3. The highest BCUT2D eigenvalue weighted by molar-refractivity contribution is 6.60. The van der Waals surface area contributed by atoms with Crippen molar-refractivity contribution in [2.24, 2.45) is 0 Å². The van der Waals surface area contributed by atoms with E-state index in [2.05, 4.69) is 16.7 Å². The van der Waals surface area contributed by atoms with Crippen LogP contribution in [0.3, 0.4) is 0 Å². The number of hydrogen-bond donors (Lipinski definition) is 0. The summed E-state index contributed by atoms with van der Waals surface area (Å²) in [6.07, 6.45) is 3.69. The minimum atomic E-state index is -2.37. The third-order valence-corrected chi connectivity index (χ3v) is 7.02. The average molecular weight is 305 g/mol. The Morgan fingerprint density at radius 1 is 0.800 bits per heavy atom. The van der Waals surface area contributed by atoms with Crippen molar-refractivity contribution in [3.8, 4) is 0 Å². The molecule has 0 unspecified atom stereocenters. The van der Waals surface area contributed by atoms with Crippen LogP contribution < -0.4 is 0 Å². The van der Waals surface area contributed by atoms with Crippen molar-refractivity contribution in [2.75, 3.05) is 60.6 Å². The van der Waals surface area contributed by atoms with Gasteiger partial charge in [-0.05, 0) is 25.9 Å². The van der Waals surface area contributed by atoms with Crippen LogP contribution in [0.2, 0.25) is 6.04 Å². The molecule has 0 spiro atoms. The lowest BCUT2D eigenvalue weighted by atomic mass is 10.2. The molecule has 0 radical (unpaired) electrons. The van der Waals surface area contributed by atoms with Crippen LogP contribution in [0.15, 0.2) is 0 Å². The van der Waals surface area contributed by atoms with Crippen molar-refractivity contribution in [2.45, 2.75) is 32.2 Å². The fourth-order valence-corrected chi connectivity index (χ4v) is 4.40. The van der Waals surface area contributed by atoms with E-state index in [1.807, 2.05) is 0 Å². The second-order valence-corrected chi connectivity index (χ2v) is 8.53. The molecular formula is C14H32N2O3Si. The lowest BCUT2D eigenvalue weighted by Crippen LogP contribution is -2.47. The van der Waals surface area contributed by atoms with Gasteiger partial charge in [0, 0.05) is 53.6 Å². The zero-order chi connectivity index (χ0) is 14.8. The molecule has 1 rings (SSSR count). The van der Waals surface area contributed by atoms with Crippen LogP contribution in [0, 0.1) is 0 Å². The van der Waals surface area contributed by atoms with E-state index < -0.39 is 8.80 Å². The first kappa shape index (κ1) is 18.1. The predicted molar refractivity (Wildman–Crippen MR) is 84.0 cm³/mol. The van der Waals surface area contributed by atoms with Crippen LogP contribution in [0.1, 0.15) is 26.2 Å². The fraction of sp³-hybridized carbons (Fsp3) is 1.00. The molecule has 20 heavy (non-hydrogen) atoms. The summed E-state index contributed by atoms with van der Waals surface area (Å²) in [6.45, 7) is 9.43. The largest absolute Gasteiger partial charge is 0.500 e. The zero-order valence-electron chi connectivity index (χ0n) is 13.7. The van der Waals surface area contributed by atoms with Crippen molar-refractivity contribution in [1.82, 2.24) is 9.80 Å². The van der Waals surface area contributed by atoms with Crippen LogP contribution in [0.4, 0.5) is 0 Å². The average Bonchev–Trinajstić information content (AvgIpc) is 2.51. The molecule has 1 heterocycles. The van der Waals surface area contributed by atoms with E-state index in [9.17, 15) is 0 Å². The summed E-state index contributed by atoms with van der Waals surface area (Å²) in [5.74, 6) is 0. The highest BCUT2D eigenvalue weighted by atomic mass is 28.4. The highest BCUT2D eigenvalue weighted by Crippen LogP contribution is 2.15. The predicted octanol–water partition coefficient (Wildman–Crippen LogP) is 1.67. The van der Waals surface area contributed by atoms with Gasteiger partial charge in [-0.1, -0.05) is 13.3 Å². The van der Waals surface area contributed by atoms with Gasteiger partial charge in [-0.2, -0.15) is 0 Å². The van der Waals surface area contributed by atoms with Gasteiger partial charge in [-0.25, -0.2) is 0 Å². The van der Waals surface area contributed by atoms with Crippen LogP contribution in [0.25, 0.3) is 0 Å². The Bertz CT molecular complexity index is 236. The number of rotatable bonds is 10. The van der Waals surface area contributed by atoms with Gasteiger partial charge in [0.2, 0.25) is 0 Å². The minimum Gasteiger partial charge on any atom is -0.377 e. The summed E-state index contributed by atoms with van der Waals surface area (Å²) in [5, 5.41) is 0. The Labute approximate surface area is 125 Å². The minimum absolute atomic E-state index is 0.895. The van der Waals surface area contributed by atoms with Gasteiger partial charge >= 0.3 is 8.80 Å². The van der Waals surface area contributed by atoms with Gasteiger partial charge in [-0.3, -0.25) is 0 Å². The number of nitrogens with zero attached hydrogens (tertiary/aromatic N) is 2. The highest BCUT2D eigenvalue weighted by Gasteiger charge is 2.37. The van der Waals surface area contributed by atoms with Gasteiger partial charge in [-0.15, -0.1) is 0 Å². The van der Waals surface area contributed by atoms with E-state index in [0.29, 0.717) is 0 Å². The lowest BCUT2D eigenvalue weighted by Gasteiger charge is -2.35. The van der Waals surface area contributed by atoms with Gasteiger partial charge in [0.15, 0.2) is 0 Å². The Hall–Kier alpha value is 0.0169. The first-order chi connectivity index (χ1) is 9.69. The van der Waals surface area contributed by atoms with Crippen LogP contribution in [-0.2, 0) is 13.3 Å². The second kappa shape index (κ2) is 9.86. The molecule has 1 fully saturated rings. The van der Waals surface area contributed by atoms with Crippen molar-refractivity contribution in [3.05, 3.63) is 0 Å². The first-order valence-corrected chi connectivity index (χ1v) is 9.73. The summed E-state index contributed by atoms with van der Waals surface area (Å²) < 4.78 is 16.4. The van der Waals surface area contributed by atoms with Gasteiger partial charge in [0.05, 0.1) is 0 Å². The molecule has 0 aliphatic carbocycles. The number of piperazine rings is 1. The molecule has 1 aliphatic heterocycles. The van der Waals surface area contributed by atoms with Gasteiger partial charge in [0.1, 0.15) is 0 Å². The quantitative estimate of drug-likeness (QED) is 0.574. The smallest absolute Gasteiger partial charge is 0.377 e. The number of hydrogen-bond acceptors (Lipinski definition) is 5. The molecule has 0 aromatic heterocycles. The molecule has 0 saturated carbocycles. The van der Waals surface area contributed by atoms with E-state index in [0.717, 1.165) is 19.0 Å². The van der Waals surface area contributed by atoms with E-state index >= 15 is 0 Å². The normalized spacial score (nSPS) is 18.6.